The number of Topliss-reactive ketones (excluding diaryl/α,β-unsaturated/α-hetero) is 1. The normalized spacial score (nSPS) is 11.8. The largest absolute Gasteiger partial charge is 0.487 e. The van der Waals surface area contributed by atoms with Crippen molar-refractivity contribution in [2.45, 2.75) is 47.6 Å². The Bertz CT molecular complexity index is 1830. The molecule has 44 heavy (non-hydrogen) atoms. The van der Waals surface area contributed by atoms with Crippen molar-refractivity contribution in [3.63, 3.8) is 0 Å². The zero-order valence-electron chi connectivity index (χ0n) is 25.5. The van der Waals surface area contributed by atoms with E-state index in [2.05, 4.69) is 9.97 Å². The average Bonchev–Trinajstić information content (AvgIpc) is 3.31. The Balaban J connectivity index is 1.68. The SMILES string of the molecule is CC(C)(C)C(=O)c1c(CC(C)(C)C(=O)O)c(C(=O)c2ccc(-c3cccnc3)cc2)n2ccc(OCc3ccccn3)cc12. The zero-order valence-corrected chi connectivity index (χ0v) is 25.5. The third-order valence-corrected chi connectivity index (χ3v) is 7.59. The van der Waals surface area contributed by atoms with Gasteiger partial charge in [0.15, 0.2) is 5.78 Å². The van der Waals surface area contributed by atoms with E-state index in [0.29, 0.717) is 28.0 Å². The number of fused-ring (bicyclic) bond motifs is 1. The molecule has 0 spiro atoms. The summed E-state index contributed by atoms with van der Waals surface area (Å²) in [5.41, 5.74) is 2.38. The number of aliphatic carboxylic acids is 1. The molecule has 0 aliphatic rings. The Kier molecular flexibility index (Phi) is 8.19. The molecule has 4 aromatic heterocycles. The number of rotatable bonds is 10. The van der Waals surface area contributed by atoms with Gasteiger partial charge in [0.05, 0.1) is 22.3 Å². The first kappa shape index (κ1) is 30.4. The van der Waals surface area contributed by atoms with Crippen molar-refractivity contribution >= 4 is 23.1 Å². The van der Waals surface area contributed by atoms with Gasteiger partial charge in [-0.3, -0.25) is 24.4 Å². The van der Waals surface area contributed by atoms with Crippen LogP contribution in [-0.4, -0.2) is 37.0 Å². The topological polar surface area (TPSA) is 111 Å². The second-order valence-electron chi connectivity index (χ2n) is 12.5. The predicted octanol–water partition coefficient (Wildman–Crippen LogP) is 7.09. The van der Waals surface area contributed by atoms with Crippen LogP contribution < -0.4 is 4.74 Å². The van der Waals surface area contributed by atoms with E-state index in [1.54, 1.807) is 67.3 Å². The molecule has 0 amide bonds. The van der Waals surface area contributed by atoms with Crippen LogP contribution in [0, 0.1) is 10.8 Å². The van der Waals surface area contributed by atoms with Crippen LogP contribution in [0.2, 0.25) is 0 Å². The molecule has 0 fully saturated rings. The number of aromatic nitrogens is 3. The molecule has 0 bridgehead atoms. The molecule has 0 saturated carbocycles. The summed E-state index contributed by atoms with van der Waals surface area (Å²) in [5.74, 6) is -1.05. The van der Waals surface area contributed by atoms with Gasteiger partial charge in [0.1, 0.15) is 12.4 Å². The van der Waals surface area contributed by atoms with E-state index < -0.39 is 16.8 Å². The minimum absolute atomic E-state index is 0.0276. The van der Waals surface area contributed by atoms with Gasteiger partial charge in [0.2, 0.25) is 5.78 Å². The lowest BCUT2D eigenvalue weighted by atomic mass is 9.79. The number of carboxylic acid groups (broad SMARTS) is 1. The molecule has 0 aliphatic heterocycles. The van der Waals surface area contributed by atoms with Crippen LogP contribution in [0.5, 0.6) is 5.75 Å². The second kappa shape index (κ2) is 11.9. The van der Waals surface area contributed by atoms with Gasteiger partial charge in [-0.2, -0.15) is 0 Å². The molecule has 0 saturated heterocycles. The summed E-state index contributed by atoms with van der Waals surface area (Å²) in [5, 5.41) is 10.1. The van der Waals surface area contributed by atoms with Crippen LogP contribution in [0.15, 0.2) is 91.5 Å². The molecule has 4 heterocycles. The Morgan fingerprint density at radius 3 is 2.25 bits per heavy atom. The summed E-state index contributed by atoms with van der Waals surface area (Å²) in [6.07, 6.45) is 6.82. The van der Waals surface area contributed by atoms with E-state index in [9.17, 15) is 19.5 Å². The summed E-state index contributed by atoms with van der Waals surface area (Å²) in [4.78, 5) is 49.2. The predicted molar refractivity (Wildman–Crippen MR) is 168 cm³/mol. The van der Waals surface area contributed by atoms with Crippen molar-refractivity contribution in [3.8, 4) is 16.9 Å². The molecule has 0 aliphatic carbocycles. The average molecular weight is 590 g/mol. The van der Waals surface area contributed by atoms with Crippen molar-refractivity contribution in [2.24, 2.45) is 10.8 Å². The molecule has 5 aromatic rings. The van der Waals surface area contributed by atoms with Gasteiger partial charge in [-0.25, -0.2) is 0 Å². The van der Waals surface area contributed by atoms with E-state index in [1.807, 2.05) is 63.2 Å². The molecular weight excluding hydrogens is 554 g/mol. The first-order chi connectivity index (χ1) is 20.9. The van der Waals surface area contributed by atoms with E-state index in [-0.39, 0.29) is 30.3 Å². The first-order valence-electron chi connectivity index (χ1n) is 14.4. The van der Waals surface area contributed by atoms with Crippen LogP contribution in [0.1, 0.15) is 72.3 Å². The molecule has 1 N–H and O–H groups in total. The fraction of sp³-hybridized carbons (Fsp3) is 0.250. The van der Waals surface area contributed by atoms with E-state index in [0.717, 1.165) is 16.8 Å². The highest BCUT2D eigenvalue weighted by Gasteiger charge is 2.37. The van der Waals surface area contributed by atoms with Crippen molar-refractivity contribution in [3.05, 3.63) is 120 Å². The summed E-state index contributed by atoms with van der Waals surface area (Å²) < 4.78 is 7.73. The molecule has 0 radical (unpaired) electrons. The van der Waals surface area contributed by atoms with Gasteiger partial charge in [0.25, 0.3) is 0 Å². The molecule has 8 nitrogen and oxygen atoms in total. The monoisotopic (exact) mass is 589 g/mol. The van der Waals surface area contributed by atoms with Gasteiger partial charge in [-0.05, 0) is 61.2 Å². The maximum atomic E-state index is 14.3. The molecule has 8 heteroatoms. The molecular formula is C36H35N3O5. The molecule has 0 atom stereocenters. The minimum Gasteiger partial charge on any atom is -0.487 e. The van der Waals surface area contributed by atoms with Crippen molar-refractivity contribution < 1.29 is 24.2 Å². The fourth-order valence-corrected chi connectivity index (χ4v) is 5.07. The van der Waals surface area contributed by atoms with E-state index in [4.69, 9.17) is 4.74 Å². The standard InChI is InChI=1S/C36H35N3O5/c1-35(2,3)33(41)30-28(20-36(4,5)34(42)43)31(32(40)24-13-11-23(12-14-24)25-9-8-16-37-21-25)39-18-15-27(19-29(30)39)44-22-26-10-6-7-17-38-26/h6-19,21H,20,22H2,1-5H3,(H,42,43). The first-order valence-corrected chi connectivity index (χ1v) is 14.4. The van der Waals surface area contributed by atoms with Crippen LogP contribution in [-0.2, 0) is 17.8 Å². The van der Waals surface area contributed by atoms with E-state index >= 15 is 0 Å². The van der Waals surface area contributed by atoms with Crippen LogP contribution in [0.3, 0.4) is 0 Å². The third-order valence-electron chi connectivity index (χ3n) is 7.59. The molecule has 0 unspecified atom stereocenters. The minimum atomic E-state index is -1.25. The Hall–Kier alpha value is -5.11. The smallest absolute Gasteiger partial charge is 0.309 e. The number of carboxylic acids is 1. The maximum absolute atomic E-state index is 14.3. The summed E-state index contributed by atoms with van der Waals surface area (Å²) in [7, 11) is 0. The van der Waals surface area contributed by atoms with Crippen molar-refractivity contribution in [1.29, 1.82) is 0 Å². The Labute approximate surface area is 256 Å². The van der Waals surface area contributed by atoms with Crippen LogP contribution >= 0.6 is 0 Å². The maximum Gasteiger partial charge on any atom is 0.309 e. The molecule has 1 aromatic carbocycles. The highest BCUT2D eigenvalue weighted by molar-refractivity contribution is 6.15. The van der Waals surface area contributed by atoms with Crippen LogP contribution in [0.25, 0.3) is 16.6 Å². The van der Waals surface area contributed by atoms with E-state index in [1.165, 1.54) is 0 Å². The fourth-order valence-electron chi connectivity index (χ4n) is 5.07. The summed E-state index contributed by atoms with van der Waals surface area (Å²) in [6.45, 7) is 8.85. The van der Waals surface area contributed by atoms with Gasteiger partial charge in [0, 0.05) is 47.4 Å². The number of carbonyl (C=O) groups is 3. The van der Waals surface area contributed by atoms with Gasteiger partial charge in [-0.15, -0.1) is 0 Å². The molecule has 5 rings (SSSR count). The Morgan fingerprint density at radius 2 is 1.64 bits per heavy atom. The molecule has 224 valence electrons. The number of nitrogens with zero attached hydrogens (tertiary/aromatic N) is 3. The Morgan fingerprint density at radius 1 is 0.886 bits per heavy atom. The number of ketones is 2. The number of benzene rings is 1. The number of pyridine rings is 3. The number of ether oxygens (including phenoxy) is 1. The number of hydrogen-bond donors (Lipinski definition) is 1. The zero-order chi connectivity index (χ0) is 31.6. The van der Waals surface area contributed by atoms with Gasteiger partial charge >= 0.3 is 5.97 Å². The van der Waals surface area contributed by atoms with Gasteiger partial charge in [-0.1, -0.05) is 57.2 Å². The van der Waals surface area contributed by atoms with Gasteiger partial charge < -0.3 is 14.2 Å². The lowest BCUT2D eigenvalue weighted by Gasteiger charge is -2.22. The number of hydrogen-bond acceptors (Lipinski definition) is 6. The van der Waals surface area contributed by atoms with Crippen LogP contribution in [0.4, 0.5) is 0 Å². The lowest BCUT2D eigenvalue weighted by molar-refractivity contribution is -0.146. The summed E-state index contributed by atoms with van der Waals surface area (Å²) in [6, 6.07) is 20.0. The highest BCUT2D eigenvalue weighted by Crippen LogP contribution is 2.37. The highest BCUT2D eigenvalue weighted by atomic mass is 16.5. The lowest BCUT2D eigenvalue weighted by Crippen LogP contribution is -2.29. The number of carbonyl (C=O) groups excluding carboxylic acids is 2. The second-order valence-corrected chi connectivity index (χ2v) is 12.5. The quantitative estimate of drug-likeness (QED) is 0.173. The third kappa shape index (κ3) is 6.15. The van der Waals surface area contributed by atoms with Crippen molar-refractivity contribution in [2.75, 3.05) is 0 Å². The summed E-state index contributed by atoms with van der Waals surface area (Å²) >= 11 is 0. The van der Waals surface area contributed by atoms with Crippen molar-refractivity contribution in [1.82, 2.24) is 14.4 Å².